The lowest BCUT2D eigenvalue weighted by molar-refractivity contribution is -0.115. The summed E-state index contributed by atoms with van der Waals surface area (Å²) in [5.41, 5.74) is 1.68. The summed E-state index contributed by atoms with van der Waals surface area (Å²) in [6, 6.07) is 14.0. The smallest absolute Gasteiger partial charge is 0.237 e. The maximum Gasteiger partial charge on any atom is 0.237 e. The number of nitrogens with zero attached hydrogens (tertiary/aromatic N) is 4. The van der Waals surface area contributed by atoms with E-state index >= 15 is 0 Å². The Morgan fingerprint density at radius 1 is 1.30 bits per heavy atom. The Bertz CT molecular complexity index is 1030. The summed E-state index contributed by atoms with van der Waals surface area (Å²) in [6.45, 7) is 1.77. The predicted molar refractivity (Wildman–Crippen MR) is 106 cm³/mol. The molecule has 1 amide bonds. The minimum atomic E-state index is -0.443. The molecular weight excluding hydrogens is 405 g/mol. The number of halogens is 2. The van der Waals surface area contributed by atoms with Crippen LogP contribution < -0.4 is 5.32 Å². The van der Waals surface area contributed by atoms with Crippen molar-refractivity contribution in [2.45, 2.75) is 17.3 Å². The van der Waals surface area contributed by atoms with Crippen LogP contribution in [0.25, 0.3) is 5.69 Å². The van der Waals surface area contributed by atoms with E-state index in [0.717, 1.165) is 5.69 Å². The van der Waals surface area contributed by atoms with Crippen LogP contribution in [0.3, 0.4) is 0 Å². The topological polar surface area (TPSA) is 83.6 Å². The quantitative estimate of drug-likeness (QED) is 0.614. The second-order valence-electron chi connectivity index (χ2n) is 5.52. The van der Waals surface area contributed by atoms with E-state index in [1.54, 1.807) is 48.1 Å². The molecule has 3 rings (SSSR count). The summed E-state index contributed by atoms with van der Waals surface area (Å²) in [5.74, 6) is -0.221. The third-order valence-electron chi connectivity index (χ3n) is 3.61. The van der Waals surface area contributed by atoms with Gasteiger partial charge < -0.3 is 5.32 Å². The molecule has 1 atom stereocenters. The van der Waals surface area contributed by atoms with Crippen LogP contribution in [0.2, 0.25) is 10.0 Å². The Morgan fingerprint density at radius 3 is 2.81 bits per heavy atom. The SMILES string of the molecule is CC(Sc1nncn1-c1cccc(Cl)c1)C(=O)Nc1ccc(C#N)c(Cl)c1. The van der Waals surface area contributed by atoms with Crippen molar-refractivity contribution in [2.24, 2.45) is 0 Å². The highest BCUT2D eigenvalue weighted by molar-refractivity contribution is 8.00. The molecule has 0 aliphatic heterocycles. The Kier molecular flexibility index (Phi) is 6.01. The molecule has 136 valence electrons. The van der Waals surface area contributed by atoms with E-state index in [2.05, 4.69) is 15.5 Å². The molecule has 1 N–H and O–H groups in total. The van der Waals surface area contributed by atoms with Crippen molar-refractivity contribution in [3.63, 3.8) is 0 Å². The molecule has 27 heavy (non-hydrogen) atoms. The van der Waals surface area contributed by atoms with Gasteiger partial charge in [0.2, 0.25) is 5.91 Å². The van der Waals surface area contributed by atoms with Crippen molar-refractivity contribution in [1.29, 1.82) is 5.26 Å². The average molecular weight is 418 g/mol. The van der Waals surface area contributed by atoms with Crippen molar-refractivity contribution in [3.8, 4) is 11.8 Å². The first kappa shape index (κ1) is 19.2. The molecule has 1 unspecified atom stereocenters. The normalized spacial score (nSPS) is 11.6. The van der Waals surface area contributed by atoms with Crippen LogP contribution in [0, 0.1) is 11.3 Å². The number of anilines is 1. The number of aromatic nitrogens is 3. The molecule has 0 fully saturated rings. The molecule has 3 aromatic rings. The summed E-state index contributed by atoms with van der Waals surface area (Å²) in [4.78, 5) is 12.5. The van der Waals surface area contributed by atoms with Crippen molar-refractivity contribution in [2.75, 3.05) is 5.32 Å². The number of thioether (sulfide) groups is 1. The highest BCUT2D eigenvalue weighted by Gasteiger charge is 2.19. The van der Waals surface area contributed by atoms with Crippen LogP contribution in [0.15, 0.2) is 53.9 Å². The molecule has 6 nitrogen and oxygen atoms in total. The fourth-order valence-electron chi connectivity index (χ4n) is 2.25. The molecule has 0 saturated heterocycles. The van der Waals surface area contributed by atoms with Gasteiger partial charge in [-0.2, -0.15) is 5.26 Å². The fourth-order valence-corrected chi connectivity index (χ4v) is 3.50. The number of carbonyl (C=O) groups excluding carboxylic acids is 1. The van der Waals surface area contributed by atoms with Crippen LogP contribution in [0.4, 0.5) is 5.69 Å². The third-order valence-corrected chi connectivity index (χ3v) is 5.22. The van der Waals surface area contributed by atoms with Crippen molar-refractivity contribution in [3.05, 3.63) is 64.4 Å². The second kappa shape index (κ2) is 8.44. The van der Waals surface area contributed by atoms with Gasteiger partial charge in [0.25, 0.3) is 0 Å². The largest absolute Gasteiger partial charge is 0.325 e. The first-order valence-electron chi connectivity index (χ1n) is 7.81. The van der Waals surface area contributed by atoms with Crippen LogP contribution in [-0.2, 0) is 4.79 Å². The summed E-state index contributed by atoms with van der Waals surface area (Å²) in [5, 5.41) is 20.7. The number of rotatable bonds is 5. The first-order valence-corrected chi connectivity index (χ1v) is 9.44. The molecule has 0 aliphatic carbocycles. The first-order chi connectivity index (χ1) is 13.0. The van der Waals surface area contributed by atoms with Gasteiger partial charge in [-0.15, -0.1) is 10.2 Å². The number of carbonyl (C=O) groups is 1. The summed E-state index contributed by atoms with van der Waals surface area (Å²) in [7, 11) is 0. The van der Waals surface area contributed by atoms with Crippen molar-refractivity contribution >= 4 is 46.6 Å². The lowest BCUT2D eigenvalue weighted by atomic mass is 10.2. The number of hydrogen-bond acceptors (Lipinski definition) is 5. The Balaban J connectivity index is 1.72. The van der Waals surface area contributed by atoms with Crippen molar-refractivity contribution < 1.29 is 4.79 Å². The standard InChI is InChI=1S/C18H13Cl2N5OS/c1-11(17(26)23-14-6-5-12(9-21)16(20)8-14)27-18-24-22-10-25(18)15-4-2-3-13(19)7-15/h2-8,10-11H,1H3,(H,23,26). The number of nitrogens with one attached hydrogen (secondary N) is 1. The predicted octanol–water partition coefficient (Wildman–Crippen LogP) is 4.57. The Hall–Kier alpha value is -2.53. The van der Waals surface area contributed by atoms with Gasteiger partial charge >= 0.3 is 0 Å². The Labute approximate surface area is 170 Å². The molecule has 1 aromatic heterocycles. The maximum atomic E-state index is 12.5. The van der Waals surface area contributed by atoms with Crippen LogP contribution in [0.1, 0.15) is 12.5 Å². The number of hydrogen-bond donors (Lipinski definition) is 1. The van der Waals surface area contributed by atoms with E-state index < -0.39 is 5.25 Å². The lowest BCUT2D eigenvalue weighted by Crippen LogP contribution is -2.22. The molecule has 0 spiro atoms. The molecule has 0 bridgehead atoms. The average Bonchev–Trinajstić information content (AvgIpc) is 3.10. The van der Waals surface area contributed by atoms with Crippen LogP contribution in [-0.4, -0.2) is 25.9 Å². The molecule has 9 heteroatoms. The van der Waals surface area contributed by atoms with E-state index in [1.807, 2.05) is 18.2 Å². The molecule has 0 radical (unpaired) electrons. The second-order valence-corrected chi connectivity index (χ2v) is 7.67. The zero-order chi connectivity index (χ0) is 19.4. The van der Waals surface area contributed by atoms with Gasteiger partial charge in [0.05, 0.1) is 21.5 Å². The fraction of sp³-hybridized carbons (Fsp3) is 0.111. The molecule has 1 heterocycles. The van der Waals surface area contributed by atoms with E-state index in [0.29, 0.717) is 21.4 Å². The highest BCUT2D eigenvalue weighted by atomic mass is 35.5. The van der Waals surface area contributed by atoms with E-state index in [1.165, 1.54) is 11.8 Å². The van der Waals surface area contributed by atoms with Gasteiger partial charge in [0, 0.05) is 10.7 Å². The third kappa shape index (κ3) is 4.61. The van der Waals surface area contributed by atoms with Gasteiger partial charge in [-0.25, -0.2) is 0 Å². The summed E-state index contributed by atoms with van der Waals surface area (Å²) in [6.07, 6.45) is 1.57. The molecule has 0 saturated carbocycles. The maximum absolute atomic E-state index is 12.5. The zero-order valence-electron chi connectivity index (χ0n) is 14.1. The Morgan fingerprint density at radius 2 is 2.11 bits per heavy atom. The van der Waals surface area contributed by atoms with Gasteiger partial charge in [-0.3, -0.25) is 9.36 Å². The monoisotopic (exact) mass is 417 g/mol. The van der Waals surface area contributed by atoms with E-state index in [4.69, 9.17) is 28.5 Å². The minimum Gasteiger partial charge on any atom is -0.325 e. The van der Waals surface area contributed by atoms with E-state index in [9.17, 15) is 4.79 Å². The van der Waals surface area contributed by atoms with Crippen LogP contribution in [0.5, 0.6) is 0 Å². The lowest BCUT2D eigenvalue weighted by Gasteiger charge is -2.13. The number of amides is 1. The number of benzene rings is 2. The number of nitriles is 1. The van der Waals surface area contributed by atoms with Crippen LogP contribution >= 0.6 is 35.0 Å². The zero-order valence-corrected chi connectivity index (χ0v) is 16.4. The van der Waals surface area contributed by atoms with Gasteiger partial charge in [0.15, 0.2) is 5.16 Å². The molecular formula is C18H13Cl2N5OS. The van der Waals surface area contributed by atoms with Gasteiger partial charge in [-0.1, -0.05) is 41.0 Å². The highest BCUT2D eigenvalue weighted by Crippen LogP contribution is 2.26. The van der Waals surface area contributed by atoms with Gasteiger partial charge in [-0.05, 0) is 43.3 Å². The van der Waals surface area contributed by atoms with Gasteiger partial charge in [0.1, 0.15) is 12.4 Å². The summed E-state index contributed by atoms with van der Waals surface area (Å²) < 4.78 is 1.76. The van der Waals surface area contributed by atoms with E-state index in [-0.39, 0.29) is 10.9 Å². The minimum absolute atomic E-state index is 0.221. The molecule has 0 aliphatic rings. The van der Waals surface area contributed by atoms with Crippen molar-refractivity contribution in [1.82, 2.24) is 14.8 Å². The summed E-state index contributed by atoms with van der Waals surface area (Å²) >= 11 is 13.3. The molecule has 2 aromatic carbocycles.